The Balaban J connectivity index is 2.09. The summed E-state index contributed by atoms with van der Waals surface area (Å²) in [4.78, 5) is 4.64. The van der Waals surface area contributed by atoms with E-state index < -0.39 is 0 Å². The molecule has 3 atom stereocenters. The highest BCUT2D eigenvalue weighted by atomic mass is 16.3. The highest BCUT2D eigenvalue weighted by molar-refractivity contribution is 5.60. The second-order valence-corrected chi connectivity index (χ2v) is 6.62. The predicted octanol–water partition coefficient (Wildman–Crippen LogP) is 4.66. The van der Waals surface area contributed by atoms with Gasteiger partial charge < -0.3 is 5.11 Å². The van der Waals surface area contributed by atoms with Crippen LogP contribution >= 0.6 is 0 Å². The number of hydrogen-bond donors (Lipinski definition) is 1. The summed E-state index contributed by atoms with van der Waals surface area (Å²) in [5, 5.41) is 10.1. The molecule has 0 aliphatic carbocycles. The van der Waals surface area contributed by atoms with E-state index in [9.17, 15) is 5.11 Å². The molecule has 0 fully saturated rings. The Morgan fingerprint density at radius 2 is 1.82 bits per heavy atom. The zero-order valence-corrected chi connectivity index (χ0v) is 15.0. The summed E-state index contributed by atoms with van der Waals surface area (Å²) in [5.41, 5.74) is 0. The molecule has 1 heterocycles. The molecule has 0 saturated heterocycles. The van der Waals surface area contributed by atoms with E-state index in [0.717, 1.165) is 30.4 Å². The lowest BCUT2D eigenvalue weighted by molar-refractivity contribution is -0.976. The highest BCUT2D eigenvalue weighted by Crippen LogP contribution is 2.26. The van der Waals surface area contributed by atoms with Crippen molar-refractivity contribution in [2.75, 3.05) is 13.1 Å². The van der Waals surface area contributed by atoms with E-state index in [4.69, 9.17) is 0 Å². The van der Waals surface area contributed by atoms with Gasteiger partial charge in [0.25, 0.3) is 0 Å². The fourth-order valence-corrected chi connectivity index (χ4v) is 3.49. The van der Waals surface area contributed by atoms with Gasteiger partial charge >= 0.3 is 0 Å². The van der Waals surface area contributed by atoms with E-state index in [1.54, 1.807) is 0 Å². The van der Waals surface area contributed by atoms with E-state index >= 15 is 0 Å². The number of nitrogens with zero attached hydrogens (tertiary/aromatic N) is 2. The van der Waals surface area contributed by atoms with Crippen LogP contribution in [-0.2, 0) is 0 Å². The van der Waals surface area contributed by atoms with Crippen LogP contribution in [0, 0.1) is 0 Å². The van der Waals surface area contributed by atoms with E-state index in [2.05, 4.69) is 31.0 Å². The molecule has 128 valence electrons. The Bertz CT molecular complexity index is 338. The van der Waals surface area contributed by atoms with Gasteiger partial charge in [-0.05, 0) is 32.6 Å². The van der Waals surface area contributed by atoms with Crippen molar-refractivity contribution >= 4 is 6.21 Å². The van der Waals surface area contributed by atoms with Crippen molar-refractivity contribution in [3.05, 3.63) is 12.2 Å². The first-order valence-corrected chi connectivity index (χ1v) is 9.38. The molecule has 0 spiro atoms. The summed E-state index contributed by atoms with van der Waals surface area (Å²) in [6.45, 7) is 8.13. The lowest BCUT2D eigenvalue weighted by atomic mass is 10.1. The third kappa shape index (κ3) is 5.85. The average molecular weight is 310 g/mol. The molecule has 1 aliphatic rings. The van der Waals surface area contributed by atoms with Crippen LogP contribution in [-0.4, -0.2) is 41.3 Å². The summed E-state index contributed by atoms with van der Waals surface area (Å²) in [6.07, 6.45) is 18.0. The number of unbranched alkanes of at least 4 members (excludes halogenated alkanes) is 6. The summed E-state index contributed by atoms with van der Waals surface area (Å²) in [6, 6.07) is 0. The predicted molar refractivity (Wildman–Crippen MR) is 96.0 cm³/mol. The number of rotatable bonds is 12. The normalized spacial score (nSPS) is 26.1. The minimum Gasteiger partial charge on any atom is -0.345 e. The largest absolute Gasteiger partial charge is 0.345 e. The fourth-order valence-electron chi connectivity index (χ4n) is 3.49. The van der Waals surface area contributed by atoms with Crippen LogP contribution in [0.3, 0.4) is 0 Å². The van der Waals surface area contributed by atoms with Crippen LogP contribution in [0.5, 0.6) is 0 Å². The first-order valence-electron chi connectivity index (χ1n) is 9.38. The van der Waals surface area contributed by atoms with Crippen molar-refractivity contribution in [2.24, 2.45) is 4.99 Å². The van der Waals surface area contributed by atoms with Crippen LogP contribution < -0.4 is 0 Å². The second-order valence-electron chi connectivity index (χ2n) is 6.62. The van der Waals surface area contributed by atoms with Gasteiger partial charge in [0.1, 0.15) is 6.54 Å². The number of aliphatic hydroxyl groups excluding tert-OH is 1. The van der Waals surface area contributed by atoms with Gasteiger partial charge in [0.2, 0.25) is 0 Å². The summed E-state index contributed by atoms with van der Waals surface area (Å²) in [5.74, 6) is 0. The molecule has 0 aromatic carbocycles. The zero-order valence-electron chi connectivity index (χ0n) is 15.0. The Labute approximate surface area is 137 Å². The third-order valence-electron chi connectivity index (χ3n) is 5.11. The maximum absolute atomic E-state index is 10.1. The topological polar surface area (TPSA) is 32.6 Å². The van der Waals surface area contributed by atoms with Crippen LogP contribution in [0.1, 0.15) is 78.6 Å². The molecule has 3 unspecified atom stereocenters. The molecular formula is C19H37N2O+. The van der Waals surface area contributed by atoms with Gasteiger partial charge in [-0.2, -0.15) is 0 Å². The van der Waals surface area contributed by atoms with Gasteiger partial charge in [0.05, 0.1) is 12.8 Å². The van der Waals surface area contributed by atoms with Gasteiger partial charge in [-0.15, -0.1) is 0 Å². The van der Waals surface area contributed by atoms with Crippen LogP contribution in [0.15, 0.2) is 17.1 Å². The molecule has 3 heteroatoms. The Kier molecular flexibility index (Phi) is 9.65. The van der Waals surface area contributed by atoms with E-state index in [1.165, 1.54) is 44.9 Å². The lowest BCUT2D eigenvalue weighted by Crippen LogP contribution is -2.57. The van der Waals surface area contributed by atoms with Crippen molar-refractivity contribution in [1.82, 2.24) is 0 Å². The summed E-state index contributed by atoms with van der Waals surface area (Å²) >= 11 is 0. The van der Waals surface area contributed by atoms with Gasteiger partial charge in [-0.25, -0.2) is 4.99 Å². The third-order valence-corrected chi connectivity index (χ3v) is 5.11. The van der Waals surface area contributed by atoms with Crippen molar-refractivity contribution < 1.29 is 9.59 Å². The number of allylic oxidation sites excluding steroid dienone is 2. The van der Waals surface area contributed by atoms with Crippen molar-refractivity contribution in [3.8, 4) is 0 Å². The maximum Gasteiger partial charge on any atom is 0.189 e. The molecule has 0 saturated carbocycles. The quantitative estimate of drug-likeness (QED) is 0.317. The standard InChI is InChI=1S/C19H37N2O/c1-4-6-7-8-9-10-11-12-13-14-15-19-20-16-17-21(19,5-2)18(3)22/h6-7,16,18-19,22H,4-5,8-15,17H2,1-3H3/q+1/b7-6+. The number of hydrogen-bond acceptors (Lipinski definition) is 2. The lowest BCUT2D eigenvalue weighted by Gasteiger charge is -2.40. The van der Waals surface area contributed by atoms with Crippen LogP contribution in [0.25, 0.3) is 0 Å². The van der Waals surface area contributed by atoms with E-state index in [1.807, 2.05) is 13.1 Å². The molecular weight excluding hydrogens is 272 g/mol. The molecule has 1 N–H and O–H groups in total. The van der Waals surface area contributed by atoms with Crippen molar-refractivity contribution in [3.63, 3.8) is 0 Å². The Morgan fingerprint density at radius 3 is 2.45 bits per heavy atom. The number of aliphatic hydroxyl groups is 1. The molecule has 1 aliphatic heterocycles. The number of aliphatic imine (C=N–C) groups is 1. The summed E-state index contributed by atoms with van der Waals surface area (Å²) < 4.78 is 0.740. The van der Waals surface area contributed by atoms with Gasteiger partial charge in [-0.3, -0.25) is 4.48 Å². The van der Waals surface area contributed by atoms with E-state index in [-0.39, 0.29) is 12.4 Å². The molecule has 3 nitrogen and oxygen atoms in total. The highest BCUT2D eigenvalue weighted by Gasteiger charge is 2.41. The SMILES string of the molecule is CC/C=C/CCCCCCCCC1N=CC[N+]1(CC)C(C)O. The molecule has 0 aromatic heterocycles. The minimum atomic E-state index is -0.311. The molecule has 0 aromatic rings. The molecule has 0 radical (unpaired) electrons. The molecule has 0 bridgehead atoms. The molecule has 1 rings (SSSR count). The van der Waals surface area contributed by atoms with Gasteiger partial charge in [0.15, 0.2) is 12.4 Å². The first kappa shape index (κ1) is 19.4. The molecule has 0 amide bonds. The van der Waals surface area contributed by atoms with Crippen LogP contribution in [0.2, 0.25) is 0 Å². The van der Waals surface area contributed by atoms with Crippen molar-refractivity contribution in [2.45, 2.75) is 91.0 Å². The zero-order chi connectivity index (χ0) is 16.3. The second kappa shape index (κ2) is 11.0. The monoisotopic (exact) mass is 309 g/mol. The van der Waals surface area contributed by atoms with Crippen LogP contribution in [0.4, 0.5) is 0 Å². The minimum absolute atomic E-state index is 0.282. The first-order chi connectivity index (χ1) is 10.7. The molecule has 22 heavy (non-hydrogen) atoms. The average Bonchev–Trinajstić information content (AvgIpc) is 2.93. The van der Waals surface area contributed by atoms with Gasteiger partial charge in [-0.1, -0.05) is 44.8 Å². The fraction of sp³-hybridized carbons (Fsp3) is 0.842. The summed E-state index contributed by atoms with van der Waals surface area (Å²) in [7, 11) is 0. The van der Waals surface area contributed by atoms with Gasteiger partial charge in [0, 0.05) is 13.3 Å². The van der Waals surface area contributed by atoms with E-state index in [0.29, 0.717) is 0 Å². The number of quaternary nitrogens is 1. The Morgan fingerprint density at radius 1 is 1.14 bits per heavy atom. The smallest absolute Gasteiger partial charge is 0.189 e. The maximum atomic E-state index is 10.1. The Hall–Kier alpha value is -0.670. The van der Waals surface area contributed by atoms with Crippen molar-refractivity contribution in [1.29, 1.82) is 0 Å².